The first kappa shape index (κ1) is 21.1. The topological polar surface area (TPSA) is 70.7 Å². The Bertz CT molecular complexity index is 682. The summed E-state index contributed by atoms with van der Waals surface area (Å²) in [6, 6.07) is 6.95. The van der Waals surface area contributed by atoms with E-state index in [0.717, 1.165) is 25.0 Å². The van der Waals surface area contributed by atoms with E-state index in [1.165, 1.54) is 4.31 Å². The number of hydrogen-bond acceptors (Lipinski definition) is 4. The maximum Gasteiger partial charge on any atom is 0.243 e. The number of nitrogens with zero attached hydrogens (tertiary/aromatic N) is 1. The van der Waals surface area contributed by atoms with Gasteiger partial charge < -0.3 is 15.4 Å². The van der Waals surface area contributed by atoms with E-state index in [4.69, 9.17) is 17.0 Å². The third kappa shape index (κ3) is 5.39. The first-order valence-electron chi connectivity index (χ1n) is 9.14. The summed E-state index contributed by atoms with van der Waals surface area (Å²) >= 11 is 5.34. The summed E-state index contributed by atoms with van der Waals surface area (Å²) in [7, 11) is -3.42. The zero-order valence-electron chi connectivity index (χ0n) is 15.7. The highest BCUT2D eigenvalue weighted by Gasteiger charge is 2.21. The maximum atomic E-state index is 12.5. The molecule has 0 unspecified atom stereocenters. The van der Waals surface area contributed by atoms with Crippen LogP contribution in [0.15, 0.2) is 29.2 Å². The monoisotopic (exact) mass is 399 g/mol. The van der Waals surface area contributed by atoms with Crippen molar-refractivity contribution in [1.29, 1.82) is 0 Å². The lowest BCUT2D eigenvalue weighted by atomic mass is 10.1. The second-order valence-electron chi connectivity index (χ2n) is 6.37. The van der Waals surface area contributed by atoms with Crippen molar-refractivity contribution in [3.8, 4) is 0 Å². The predicted octanol–water partition coefficient (Wildman–Crippen LogP) is 2.42. The summed E-state index contributed by atoms with van der Waals surface area (Å²) in [6.07, 6.45) is 2.40. The van der Waals surface area contributed by atoms with Gasteiger partial charge in [0.05, 0.1) is 17.0 Å². The molecule has 0 spiro atoms. The Balaban J connectivity index is 1.93. The Morgan fingerprint density at radius 3 is 2.50 bits per heavy atom. The van der Waals surface area contributed by atoms with Gasteiger partial charge in [-0.15, -0.1) is 0 Å². The molecule has 1 aliphatic rings. The van der Waals surface area contributed by atoms with Gasteiger partial charge in [0.1, 0.15) is 0 Å². The summed E-state index contributed by atoms with van der Waals surface area (Å²) < 4.78 is 32.1. The minimum absolute atomic E-state index is 0.0234. The third-order valence-corrected chi connectivity index (χ3v) is 6.91. The van der Waals surface area contributed by atoms with Crippen molar-refractivity contribution in [1.82, 2.24) is 14.9 Å². The van der Waals surface area contributed by atoms with E-state index in [-0.39, 0.29) is 12.1 Å². The summed E-state index contributed by atoms with van der Waals surface area (Å²) in [5.74, 6) is 0. The van der Waals surface area contributed by atoms with Crippen molar-refractivity contribution in [2.45, 2.75) is 50.7 Å². The lowest BCUT2D eigenvalue weighted by Gasteiger charge is -2.20. The van der Waals surface area contributed by atoms with Crippen molar-refractivity contribution in [2.24, 2.45) is 0 Å². The van der Waals surface area contributed by atoms with Gasteiger partial charge in [0.2, 0.25) is 10.0 Å². The van der Waals surface area contributed by atoms with Crippen molar-refractivity contribution in [2.75, 3.05) is 26.2 Å². The van der Waals surface area contributed by atoms with Crippen LogP contribution in [0, 0.1) is 0 Å². The van der Waals surface area contributed by atoms with Crippen LogP contribution < -0.4 is 10.6 Å². The van der Waals surface area contributed by atoms with Crippen LogP contribution in [-0.2, 0) is 14.8 Å². The second-order valence-corrected chi connectivity index (χ2v) is 8.72. The highest BCUT2D eigenvalue weighted by molar-refractivity contribution is 7.89. The molecule has 0 amide bonds. The quantitative estimate of drug-likeness (QED) is 0.654. The van der Waals surface area contributed by atoms with E-state index in [9.17, 15) is 8.42 Å². The SMILES string of the molecule is CCN(CC)S(=O)(=O)c1ccc([C@@H](C)NC(=S)NC[C@H]2CCCO2)cc1. The molecule has 8 heteroatoms. The molecule has 2 N–H and O–H groups in total. The fraction of sp³-hybridized carbons (Fsp3) is 0.611. The van der Waals surface area contributed by atoms with E-state index < -0.39 is 10.0 Å². The molecular formula is C18H29N3O3S2. The normalized spacial score (nSPS) is 18.7. The Morgan fingerprint density at radius 2 is 1.96 bits per heavy atom. The molecule has 1 saturated heterocycles. The maximum absolute atomic E-state index is 12.5. The Morgan fingerprint density at radius 1 is 1.31 bits per heavy atom. The average Bonchev–Trinajstić information content (AvgIpc) is 3.14. The van der Waals surface area contributed by atoms with Gasteiger partial charge in [0.25, 0.3) is 0 Å². The Kier molecular flexibility index (Phi) is 7.82. The number of thiocarbonyl (C=S) groups is 1. The zero-order chi connectivity index (χ0) is 19.2. The van der Waals surface area contributed by atoms with E-state index in [2.05, 4.69) is 10.6 Å². The molecule has 26 heavy (non-hydrogen) atoms. The molecule has 0 aromatic heterocycles. The van der Waals surface area contributed by atoms with Crippen LogP contribution in [0.2, 0.25) is 0 Å². The van der Waals surface area contributed by atoms with Gasteiger partial charge in [-0.25, -0.2) is 8.42 Å². The van der Waals surface area contributed by atoms with Gasteiger partial charge in [-0.3, -0.25) is 0 Å². The van der Waals surface area contributed by atoms with Gasteiger partial charge in [-0.2, -0.15) is 4.31 Å². The predicted molar refractivity (Wildman–Crippen MR) is 108 cm³/mol. The van der Waals surface area contributed by atoms with Crippen LogP contribution in [-0.4, -0.2) is 50.2 Å². The summed E-state index contributed by atoms with van der Waals surface area (Å²) in [5, 5.41) is 6.99. The minimum Gasteiger partial charge on any atom is -0.376 e. The van der Waals surface area contributed by atoms with E-state index >= 15 is 0 Å². The standard InChI is InChI=1S/C18H29N3O3S2/c1-4-21(5-2)26(22,23)17-10-8-15(9-11-17)14(3)20-18(25)19-13-16-7-6-12-24-16/h8-11,14,16H,4-7,12-13H2,1-3H3,(H2,19,20,25)/t14-,16-/m1/s1. The molecule has 0 bridgehead atoms. The van der Waals surface area contributed by atoms with Crippen LogP contribution in [0.4, 0.5) is 0 Å². The van der Waals surface area contributed by atoms with E-state index in [0.29, 0.717) is 29.6 Å². The molecule has 146 valence electrons. The van der Waals surface area contributed by atoms with Gasteiger partial charge in [-0.05, 0) is 49.7 Å². The van der Waals surface area contributed by atoms with Crippen LogP contribution in [0.25, 0.3) is 0 Å². The van der Waals surface area contributed by atoms with Crippen LogP contribution >= 0.6 is 12.2 Å². The molecule has 0 aliphatic carbocycles. The van der Waals surface area contributed by atoms with Gasteiger partial charge in [-0.1, -0.05) is 26.0 Å². The number of rotatable bonds is 8. The molecule has 6 nitrogen and oxygen atoms in total. The molecule has 1 aliphatic heterocycles. The molecule has 1 aromatic rings. The van der Waals surface area contributed by atoms with Crippen molar-refractivity contribution >= 4 is 27.4 Å². The largest absolute Gasteiger partial charge is 0.376 e. The molecule has 1 fully saturated rings. The number of benzene rings is 1. The fourth-order valence-corrected chi connectivity index (χ4v) is 4.70. The van der Waals surface area contributed by atoms with Crippen molar-refractivity contribution in [3.05, 3.63) is 29.8 Å². The molecule has 0 saturated carbocycles. The van der Waals surface area contributed by atoms with E-state index in [1.54, 1.807) is 12.1 Å². The number of sulfonamides is 1. The molecule has 1 heterocycles. The van der Waals surface area contributed by atoms with E-state index in [1.807, 2.05) is 32.9 Å². The highest BCUT2D eigenvalue weighted by atomic mass is 32.2. The lowest BCUT2D eigenvalue weighted by Crippen LogP contribution is -2.40. The molecule has 2 atom stereocenters. The van der Waals surface area contributed by atoms with Gasteiger partial charge in [0.15, 0.2) is 5.11 Å². The van der Waals surface area contributed by atoms with Crippen molar-refractivity contribution in [3.63, 3.8) is 0 Å². The minimum atomic E-state index is -3.42. The summed E-state index contributed by atoms with van der Waals surface area (Å²) in [6.45, 7) is 8.13. The first-order valence-corrected chi connectivity index (χ1v) is 11.0. The molecule has 0 radical (unpaired) electrons. The smallest absolute Gasteiger partial charge is 0.243 e. The lowest BCUT2D eigenvalue weighted by molar-refractivity contribution is 0.114. The number of nitrogens with one attached hydrogen (secondary N) is 2. The van der Waals surface area contributed by atoms with Crippen LogP contribution in [0.5, 0.6) is 0 Å². The summed E-state index contributed by atoms with van der Waals surface area (Å²) in [5.41, 5.74) is 0.977. The molecule has 1 aromatic carbocycles. The zero-order valence-corrected chi connectivity index (χ0v) is 17.3. The summed E-state index contributed by atoms with van der Waals surface area (Å²) in [4.78, 5) is 0.316. The third-order valence-electron chi connectivity index (χ3n) is 4.59. The molecular weight excluding hydrogens is 370 g/mol. The van der Waals surface area contributed by atoms with Crippen LogP contribution in [0.3, 0.4) is 0 Å². The second kappa shape index (κ2) is 9.64. The fourth-order valence-electron chi connectivity index (χ4n) is 2.98. The van der Waals surface area contributed by atoms with Gasteiger partial charge >= 0.3 is 0 Å². The first-order chi connectivity index (χ1) is 12.4. The molecule has 2 rings (SSSR count). The van der Waals surface area contributed by atoms with Crippen molar-refractivity contribution < 1.29 is 13.2 Å². The highest BCUT2D eigenvalue weighted by Crippen LogP contribution is 2.19. The average molecular weight is 400 g/mol. The Labute approximate surface area is 162 Å². The van der Waals surface area contributed by atoms with Gasteiger partial charge in [0, 0.05) is 26.2 Å². The number of hydrogen-bond donors (Lipinski definition) is 2. The number of ether oxygens (including phenoxy) is 1. The van der Waals surface area contributed by atoms with Crippen LogP contribution in [0.1, 0.15) is 45.2 Å². The Hall–Kier alpha value is -1.22.